The van der Waals surface area contributed by atoms with Gasteiger partial charge < -0.3 is 9.64 Å². The van der Waals surface area contributed by atoms with Crippen LogP contribution in [0, 0.1) is 6.92 Å². The zero-order chi connectivity index (χ0) is 15.5. The lowest BCUT2D eigenvalue weighted by atomic mass is 9.94. The minimum absolute atomic E-state index is 0.540. The first kappa shape index (κ1) is 15.8. The van der Waals surface area contributed by atoms with Crippen LogP contribution in [0.25, 0.3) is 0 Å². The third-order valence-electron chi connectivity index (χ3n) is 4.97. The average Bonchev–Trinajstić information content (AvgIpc) is 2.55. The van der Waals surface area contributed by atoms with Crippen LogP contribution < -0.4 is 4.90 Å². The fraction of sp³-hybridized carbons (Fsp3) is 0.722. The van der Waals surface area contributed by atoms with Gasteiger partial charge in [-0.1, -0.05) is 6.42 Å². The van der Waals surface area contributed by atoms with Crippen molar-refractivity contribution in [3.05, 3.63) is 23.4 Å². The summed E-state index contributed by atoms with van der Waals surface area (Å²) in [6.07, 6.45) is 6.03. The highest BCUT2D eigenvalue weighted by molar-refractivity contribution is 5.48. The molecule has 22 heavy (non-hydrogen) atoms. The molecule has 1 aromatic rings. The van der Waals surface area contributed by atoms with E-state index in [4.69, 9.17) is 9.72 Å². The molecule has 1 atom stereocenters. The molecule has 3 rings (SSSR count). The first-order valence-corrected chi connectivity index (χ1v) is 8.72. The maximum Gasteiger partial charge on any atom is 0.131 e. The Morgan fingerprint density at radius 2 is 1.95 bits per heavy atom. The largest absolute Gasteiger partial charge is 0.378 e. The number of ether oxygens (including phenoxy) is 1. The predicted octanol–water partition coefficient (Wildman–Crippen LogP) is 3.16. The lowest BCUT2D eigenvalue weighted by Gasteiger charge is -2.39. The van der Waals surface area contributed by atoms with Crippen molar-refractivity contribution in [1.82, 2.24) is 9.88 Å². The Labute approximate surface area is 134 Å². The lowest BCUT2D eigenvalue weighted by molar-refractivity contribution is 0.111. The van der Waals surface area contributed by atoms with E-state index in [1.54, 1.807) is 0 Å². The lowest BCUT2D eigenvalue weighted by Crippen LogP contribution is -2.39. The molecule has 2 aliphatic heterocycles. The highest BCUT2D eigenvalue weighted by Gasteiger charge is 2.26. The number of aryl methyl sites for hydroxylation is 1. The van der Waals surface area contributed by atoms with Crippen LogP contribution in [0.3, 0.4) is 0 Å². The molecule has 2 aliphatic rings. The number of rotatable bonds is 3. The summed E-state index contributed by atoms with van der Waals surface area (Å²) in [5, 5.41) is 0. The molecule has 0 aromatic carbocycles. The maximum absolute atomic E-state index is 5.44. The van der Waals surface area contributed by atoms with E-state index in [0.717, 1.165) is 32.1 Å². The first-order valence-electron chi connectivity index (χ1n) is 8.72. The van der Waals surface area contributed by atoms with Gasteiger partial charge in [-0.05, 0) is 57.4 Å². The van der Waals surface area contributed by atoms with E-state index in [1.165, 1.54) is 36.9 Å². The fourth-order valence-electron chi connectivity index (χ4n) is 3.81. The molecule has 3 heterocycles. The monoisotopic (exact) mass is 303 g/mol. The molecule has 0 aliphatic carbocycles. The van der Waals surface area contributed by atoms with Crippen LogP contribution in [0.15, 0.2) is 12.3 Å². The number of hydrogen-bond donors (Lipinski definition) is 0. The van der Waals surface area contributed by atoms with Gasteiger partial charge in [-0.3, -0.25) is 4.90 Å². The Bertz CT molecular complexity index is 497. The van der Waals surface area contributed by atoms with Gasteiger partial charge >= 0.3 is 0 Å². The van der Waals surface area contributed by atoms with Gasteiger partial charge in [0.2, 0.25) is 0 Å². The zero-order valence-corrected chi connectivity index (χ0v) is 14.2. The Kier molecular flexibility index (Phi) is 4.99. The quantitative estimate of drug-likeness (QED) is 0.857. The minimum Gasteiger partial charge on any atom is -0.378 e. The van der Waals surface area contributed by atoms with Gasteiger partial charge in [-0.2, -0.15) is 0 Å². The standard InChI is InChI=1S/C18H29N3O/c1-14(2)21-7-5-4-6-17(21)16-12-15(3)18(19-13-16)20-8-10-22-11-9-20/h12-14,17H,4-11H2,1-3H3/t17-/m0/s1. The summed E-state index contributed by atoms with van der Waals surface area (Å²) in [5.41, 5.74) is 2.69. The number of hydrogen-bond acceptors (Lipinski definition) is 4. The molecule has 0 radical (unpaired) electrons. The van der Waals surface area contributed by atoms with Crippen LogP contribution in [-0.4, -0.2) is 48.8 Å². The molecule has 4 heteroatoms. The highest BCUT2D eigenvalue weighted by Crippen LogP contribution is 2.33. The summed E-state index contributed by atoms with van der Waals surface area (Å²) in [4.78, 5) is 9.80. The van der Waals surface area contributed by atoms with Crippen molar-refractivity contribution >= 4 is 5.82 Å². The summed E-state index contributed by atoms with van der Waals surface area (Å²) >= 11 is 0. The Morgan fingerprint density at radius 1 is 1.18 bits per heavy atom. The molecular formula is C18H29N3O. The van der Waals surface area contributed by atoms with Crippen LogP contribution >= 0.6 is 0 Å². The van der Waals surface area contributed by atoms with Crippen LogP contribution in [0.4, 0.5) is 5.82 Å². The van der Waals surface area contributed by atoms with E-state index in [0.29, 0.717) is 12.1 Å². The van der Waals surface area contributed by atoms with E-state index < -0.39 is 0 Å². The predicted molar refractivity (Wildman–Crippen MR) is 90.4 cm³/mol. The molecule has 4 nitrogen and oxygen atoms in total. The van der Waals surface area contributed by atoms with Crippen molar-refractivity contribution < 1.29 is 4.74 Å². The van der Waals surface area contributed by atoms with Crippen LogP contribution in [0.5, 0.6) is 0 Å². The van der Waals surface area contributed by atoms with E-state index >= 15 is 0 Å². The third-order valence-corrected chi connectivity index (χ3v) is 4.97. The molecule has 0 bridgehead atoms. The number of pyridine rings is 1. The Balaban J connectivity index is 1.81. The molecule has 0 N–H and O–H groups in total. The molecular weight excluding hydrogens is 274 g/mol. The van der Waals surface area contributed by atoms with Gasteiger partial charge in [0.1, 0.15) is 5.82 Å². The van der Waals surface area contributed by atoms with Crippen molar-refractivity contribution in [3.63, 3.8) is 0 Å². The van der Waals surface area contributed by atoms with Crippen molar-refractivity contribution in [2.45, 2.75) is 52.1 Å². The molecule has 0 unspecified atom stereocenters. The minimum atomic E-state index is 0.540. The summed E-state index contributed by atoms with van der Waals surface area (Å²) in [7, 11) is 0. The van der Waals surface area contributed by atoms with Crippen LogP contribution in [0.2, 0.25) is 0 Å². The first-order chi connectivity index (χ1) is 10.7. The highest BCUT2D eigenvalue weighted by atomic mass is 16.5. The second-order valence-corrected chi connectivity index (χ2v) is 6.85. The molecule has 0 spiro atoms. The van der Waals surface area contributed by atoms with Crippen molar-refractivity contribution in [3.8, 4) is 0 Å². The van der Waals surface area contributed by atoms with Gasteiger partial charge in [-0.15, -0.1) is 0 Å². The Morgan fingerprint density at radius 3 is 2.64 bits per heavy atom. The van der Waals surface area contributed by atoms with Gasteiger partial charge in [0.15, 0.2) is 0 Å². The molecule has 2 saturated heterocycles. The number of anilines is 1. The average molecular weight is 303 g/mol. The molecule has 122 valence electrons. The summed E-state index contributed by atoms with van der Waals surface area (Å²) in [5.74, 6) is 1.14. The van der Waals surface area contributed by atoms with Crippen LogP contribution in [0.1, 0.15) is 50.3 Å². The number of piperidine rings is 1. The molecule has 2 fully saturated rings. The summed E-state index contributed by atoms with van der Waals surface area (Å²) < 4.78 is 5.44. The van der Waals surface area contributed by atoms with E-state index in [9.17, 15) is 0 Å². The SMILES string of the molecule is Cc1cc([C@@H]2CCCCN2C(C)C)cnc1N1CCOCC1. The van der Waals surface area contributed by atoms with Crippen LogP contribution in [-0.2, 0) is 4.74 Å². The van der Waals surface area contributed by atoms with Crippen molar-refractivity contribution in [2.24, 2.45) is 0 Å². The molecule has 0 saturated carbocycles. The van der Waals surface area contributed by atoms with Crippen molar-refractivity contribution in [1.29, 1.82) is 0 Å². The number of morpholine rings is 1. The van der Waals surface area contributed by atoms with E-state index in [-0.39, 0.29) is 0 Å². The summed E-state index contributed by atoms with van der Waals surface area (Å²) in [6, 6.07) is 3.51. The van der Waals surface area contributed by atoms with E-state index in [2.05, 4.69) is 42.8 Å². The number of aromatic nitrogens is 1. The number of nitrogens with zero attached hydrogens (tertiary/aromatic N) is 3. The third kappa shape index (κ3) is 3.28. The van der Waals surface area contributed by atoms with Gasteiger partial charge in [0.05, 0.1) is 13.2 Å². The smallest absolute Gasteiger partial charge is 0.131 e. The van der Waals surface area contributed by atoms with E-state index in [1.807, 2.05) is 0 Å². The second-order valence-electron chi connectivity index (χ2n) is 6.85. The molecule has 1 aromatic heterocycles. The maximum atomic E-state index is 5.44. The van der Waals surface area contributed by atoms with Gasteiger partial charge in [-0.25, -0.2) is 4.98 Å². The van der Waals surface area contributed by atoms with Gasteiger partial charge in [0.25, 0.3) is 0 Å². The summed E-state index contributed by atoms with van der Waals surface area (Å²) in [6.45, 7) is 11.6. The second kappa shape index (κ2) is 6.97. The van der Waals surface area contributed by atoms with Gasteiger partial charge in [0, 0.05) is 31.4 Å². The Hall–Kier alpha value is -1.13. The fourth-order valence-corrected chi connectivity index (χ4v) is 3.81. The zero-order valence-electron chi connectivity index (χ0n) is 14.2. The number of likely N-dealkylation sites (tertiary alicyclic amines) is 1. The topological polar surface area (TPSA) is 28.6 Å². The molecule has 0 amide bonds. The van der Waals surface area contributed by atoms with Crippen molar-refractivity contribution in [2.75, 3.05) is 37.7 Å². The normalized spacial score (nSPS) is 24.0.